The summed E-state index contributed by atoms with van der Waals surface area (Å²) < 4.78 is 0. The molecule has 5 N–H and O–H groups in total. The van der Waals surface area contributed by atoms with Gasteiger partial charge in [0.25, 0.3) is 0 Å². The molecule has 2 atom stereocenters. The minimum atomic E-state index is -1.36. The van der Waals surface area contributed by atoms with Crippen molar-refractivity contribution in [3.8, 4) is 17.2 Å². The van der Waals surface area contributed by atoms with Crippen molar-refractivity contribution in [1.82, 2.24) is 0 Å². The molecule has 24 heavy (non-hydrogen) atoms. The van der Waals surface area contributed by atoms with E-state index in [4.69, 9.17) is 0 Å². The third-order valence-electron chi connectivity index (χ3n) is 3.98. The van der Waals surface area contributed by atoms with Crippen LogP contribution in [0.25, 0.3) is 0 Å². The zero-order valence-electron chi connectivity index (χ0n) is 12.5. The van der Waals surface area contributed by atoms with Crippen LogP contribution in [0.3, 0.4) is 0 Å². The van der Waals surface area contributed by atoms with Gasteiger partial charge in [-0.2, -0.15) is 0 Å². The van der Waals surface area contributed by atoms with Crippen LogP contribution in [-0.4, -0.2) is 43.2 Å². The highest BCUT2D eigenvalue weighted by Crippen LogP contribution is 2.40. The third kappa shape index (κ3) is 2.22. The van der Waals surface area contributed by atoms with Gasteiger partial charge in [-0.15, -0.1) is 0 Å². The van der Waals surface area contributed by atoms with Gasteiger partial charge in [-0.3, -0.25) is 9.59 Å². The summed E-state index contributed by atoms with van der Waals surface area (Å²) in [7, 11) is 0. The number of ketones is 2. The molecule has 3 rings (SSSR count). The van der Waals surface area contributed by atoms with Gasteiger partial charge in [0.15, 0.2) is 5.78 Å². The number of aliphatic hydroxyl groups is 2. The Morgan fingerprint density at radius 1 is 0.792 bits per heavy atom. The van der Waals surface area contributed by atoms with E-state index in [1.54, 1.807) is 0 Å². The molecule has 0 fully saturated rings. The van der Waals surface area contributed by atoms with Crippen molar-refractivity contribution < 1.29 is 35.1 Å². The fraction of sp³-hybridized carbons (Fsp3) is 0.176. The van der Waals surface area contributed by atoms with E-state index in [-0.39, 0.29) is 33.6 Å². The molecule has 0 heterocycles. The molecule has 0 saturated heterocycles. The molecule has 7 heteroatoms. The topological polar surface area (TPSA) is 135 Å². The maximum absolute atomic E-state index is 12.6. The molecule has 0 aromatic heterocycles. The second-order valence-electron chi connectivity index (χ2n) is 5.69. The van der Waals surface area contributed by atoms with Crippen LogP contribution in [0, 0.1) is 0 Å². The largest absolute Gasteiger partial charge is 0.508 e. The second-order valence-corrected chi connectivity index (χ2v) is 5.69. The molecule has 2 unspecified atom stereocenters. The van der Waals surface area contributed by atoms with E-state index in [1.807, 2.05) is 0 Å². The zero-order chi connectivity index (χ0) is 17.8. The Hall–Kier alpha value is -2.90. The molecule has 1 aliphatic rings. The van der Waals surface area contributed by atoms with Crippen molar-refractivity contribution in [1.29, 1.82) is 0 Å². The molecular formula is C17H14O7. The highest BCUT2D eigenvalue weighted by molar-refractivity contribution is 6.30. The second kappa shape index (κ2) is 5.33. The van der Waals surface area contributed by atoms with Crippen LogP contribution < -0.4 is 0 Å². The summed E-state index contributed by atoms with van der Waals surface area (Å²) >= 11 is 0. The lowest BCUT2D eigenvalue weighted by atomic mass is 9.81. The fourth-order valence-corrected chi connectivity index (χ4v) is 2.82. The Kier molecular flexibility index (Phi) is 3.55. The highest BCUT2D eigenvalue weighted by atomic mass is 16.3. The van der Waals surface area contributed by atoms with Crippen molar-refractivity contribution in [3.05, 3.63) is 52.1 Å². The predicted molar refractivity (Wildman–Crippen MR) is 81.4 cm³/mol. The fourth-order valence-electron chi connectivity index (χ4n) is 2.82. The van der Waals surface area contributed by atoms with E-state index in [9.17, 15) is 35.1 Å². The Labute approximate surface area is 136 Å². The molecule has 0 amide bonds. The Morgan fingerprint density at radius 2 is 1.33 bits per heavy atom. The standard InChI is InChI=1S/C17H14O7/c1-6(18)15(22)7-2-9-13(11(20)3-7)17(24)14-10(16(9)23)4-8(19)5-12(14)21/h2-6,15,18-22H,1H3. The lowest BCUT2D eigenvalue weighted by Gasteiger charge is -2.22. The summed E-state index contributed by atoms with van der Waals surface area (Å²) in [6.07, 6.45) is -2.51. The van der Waals surface area contributed by atoms with E-state index in [1.165, 1.54) is 13.0 Å². The van der Waals surface area contributed by atoms with Gasteiger partial charge in [-0.05, 0) is 30.7 Å². The van der Waals surface area contributed by atoms with E-state index < -0.39 is 35.3 Å². The summed E-state index contributed by atoms with van der Waals surface area (Å²) in [5, 5.41) is 48.9. The molecule has 7 nitrogen and oxygen atoms in total. The number of carbonyl (C=O) groups excluding carboxylic acids is 2. The summed E-state index contributed by atoms with van der Waals surface area (Å²) in [6.45, 7) is 1.33. The monoisotopic (exact) mass is 330 g/mol. The van der Waals surface area contributed by atoms with Gasteiger partial charge in [-0.1, -0.05) is 0 Å². The lowest BCUT2D eigenvalue weighted by Crippen LogP contribution is -2.22. The predicted octanol–water partition coefficient (Wildman–Crippen LogP) is 0.993. The van der Waals surface area contributed by atoms with Crippen LogP contribution in [-0.2, 0) is 0 Å². The maximum Gasteiger partial charge on any atom is 0.201 e. The number of carbonyl (C=O) groups is 2. The third-order valence-corrected chi connectivity index (χ3v) is 3.98. The molecule has 0 bridgehead atoms. The number of phenolic OH excluding ortho intramolecular Hbond substituents is 3. The van der Waals surface area contributed by atoms with Gasteiger partial charge in [0.1, 0.15) is 23.4 Å². The van der Waals surface area contributed by atoms with Crippen LogP contribution in [0.4, 0.5) is 0 Å². The smallest absolute Gasteiger partial charge is 0.201 e. The minimum Gasteiger partial charge on any atom is -0.508 e. The first-order valence-corrected chi connectivity index (χ1v) is 7.10. The SMILES string of the molecule is CC(O)C(O)c1cc(O)c2c(c1)C(=O)c1cc(O)cc(O)c1C2=O. The Balaban J connectivity index is 2.27. The van der Waals surface area contributed by atoms with Crippen molar-refractivity contribution in [2.75, 3.05) is 0 Å². The van der Waals surface area contributed by atoms with Gasteiger partial charge in [-0.25, -0.2) is 0 Å². The number of benzene rings is 2. The van der Waals surface area contributed by atoms with E-state index in [0.717, 1.165) is 18.2 Å². The molecule has 0 aliphatic heterocycles. The number of hydrogen-bond donors (Lipinski definition) is 5. The van der Waals surface area contributed by atoms with Gasteiger partial charge in [0.05, 0.1) is 17.2 Å². The quantitative estimate of drug-likeness (QED) is 0.473. The lowest BCUT2D eigenvalue weighted by molar-refractivity contribution is 0.0303. The van der Waals surface area contributed by atoms with Crippen molar-refractivity contribution in [2.45, 2.75) is 19.1 Å². The normalized spacial score (nSPS) is 15.6. The van der Waals surface area contributed by atoms with Crippen molar-refractivity contribution >= 4 is 11.6 Å². The van der Waals surface area contributed by atoms with Gasteiger partial charge >= 0.3 is 0 Å². The van der Waals surface area contributed by atoms with E-state index >= 15 is 0 Å². The average molecular weight is 330 g/mol. The maximum atomic E-state index is 12.6. The Morgan fingerprint density at radius 3 is 1.92 bits per heavy atom. The number of aromatic hydroxyl groups is 3. The number of rotatable bonds is 2. The van der Waals surface area contributed by atoms with Crippen LogP contribution >= 0.6 is 0 Å². The van der Waals surface area contributed by atoms with E-state index in [0.29, 0.717) is 0 Å². The van der Waals surface area contributed by atoms with Crippen LogP contribution in [0.5, 0.6) is 17.2 Å². The minimum absolute atomic E-state index is 0.0650. The van der Waals surface area contributed by atoms with Crippen LogP contribution in [0.2, 0.25) is 0 Å². The average Bonchev–Trinajstić information content (AvgIpc) is 2.50. The summed E-state index contributed by atoms with van der Waals surface area (Å²) in [5.41, 5.74) is -0.907. The summed E-state index contributed by atoms with van der Waals surface area (Å²) in [6, 6.07) is 4.27. The molecule has 0 spiro atoms. The molecular weight excluding hydrogens is 316 g/mol. The molecule has 2 aromatic carbocycles. The number of phenols is 3. The van der Waals surface area contributed by atoms with Gasteiger partial charge < -0.3 is 25.5 Å². The number of hydrogen-bond acceptors (Lipinski definition) is 7. The van der Waals surface area contributed by atoms with Gasteiger partial charge in [0.2, 0.25) is 5.78 Å². The first-order valence-electron chi connectivity index (χ1n) is 7.10. The van der Waals surface area contributed by atoms with Crippen LogP contribution in [0.15, 0.2) is 24.3 Å². The number of aliphatic hydroxyl groups excluding tert-OH is 2. The zero-order valence-corrected chi connectivity index (χ0v) is 12.5. The first kappa shape index (κ1) is 16.0. The molecule has 124 valence electrons. The number of fused-ring (bicyclic) bond motifs is 2. The highest BCUT2D eigenvalue weighted by Gasteiger charge is 2.35. The first-order chi connectivity index (χ1) is 11.2. The molecule has 0 saturated carbocycles. The summed E-state index contributed by atoms with van der Waals surface area (Å²) in [4.78, 5) is 25.2. The molecule has 0 radical (unpaired) electrons. The molecule has 1 aliphatic carbocycles. The van der Waals surface area contributed by atoms with Gasteiger partial charge in [0, 0.05) is 17.2 Å². The summed E-state index contributed by atoms with van der Waals surface area (Å²) in [5.74, 6) is -2.96. The van der Waals surface area contributed by atoms with Crippen molar-refractivity contribution in [3.63, 3.8) is 0 Å². The van der Waals surface area contributed by atoms with E-state index in [2.05, 4.69) is 0 Å². The Bertz CT molecular complexity index is 883. The van der Waals surface area contributed by atoms with Crippen LogP contribution in [0.1, 0.15) is 50.4 Å². The molecule has 2 aromatic rings. The van der Waals surface area contributed by atoms with Crippen molar-refractivity contribution in [2.24, 2.45) is 0 Å².